The summed E-state index contributed by atoms with van der Waals surface area (Å²) in [7, 11) is 0. The van der Waals surface area contributed by atoms with Crippen molar-refractivity contribution < 1.29 is 4.42 Å². The standard InChI is InChI=1S/C30H33ClN6O2/c1-6-30(4,5)37-28(33-34-35-37)27(24-16-22-15-19(2)14-20(3)26(22)32-29(24)38)36(18-23-11-9-13-39-23)17-21-10-7-8-12-25(21)31/h7-16,27H,6,17-18H2,1-5H3,(H,32,38). The lowest BCUT2D eigenvalue weighted by molar-refractivity contribution is 0.168. The third-order valence-corrected chi connectivity index (χ3v) is 7.80. The molecule has 3 heterocycles. The second-order valence-corrected chi connectivity index (χ2v) is 11.1. The van der Waals surface area contributed by atoms with Crippen LogP contribution in [0.4, 0.5) is 0 Å². The van der Waals surface area contributed by atoms with E-state index in [9.17, 15) is 4.79 Å². The zero-order valence-corrected chi connectivity index (χ0v) is 23.7. The molecule has 5 aromatic rings. The maximum absolute atomic E-state index is 13.9. The van der Waals surface area contributed by atoms with Crippen molar-refractivity contribution in [2.24, 2.45) is 0 Å². The Morgan fingerprint density at radius 1 is 1.10 bits per heavy atom. The lowest BCUT2D eigenvalue weighted by Gasteiger charge is -2.33. The summed E-state index contributed by atoms with van der Waals surface area (Å²) >= 11 is 6.63. The van der Waals surface area contributed by atoms with E-state index >= 15 is 0 Å². The molecule has 1 unspecified atom stereocenters. The average Bonchev–Trinajstić information content (AvgIpc) is 3.59. The second kappa shape index (κ2) is 10.8. The second-order valence-electron chi connectivity index (χ2n) is 10.7. The van der Waals surface area contributed by atoms with Gasteiger partial charge in [-0.25, -0.2) is 4.68 Å². The van der Waals surface area contributed by atoms with E-state index in [0.29, 0.717) is 29.5 Å². The van der Waals surface area contributed by atoms with Crippen molar-refractivity contribution in [3.8, 4) is 0 Å². The Morgan fingerprint density at radius 2 is 1.90 bits per heavy atom. The van der Waals surface area contributed by atoms with Gasteiger partial charge in [0.05, 0.1) is 23.9 Å². The Bertz CT molecular complexity index is 1650. The normalized spacial score (nSPS) is 12.9. The fourth-order valence-electron chi connectivity index (χ4n) is 5.04. The zero-order valence-electron chi connectivity index (χ0n) is 22.9. The van der Waals surface area contributed by atoms with Gasteiger partial charge in [0.15, 0.2) is 5.82 Å². The molecule has 2 aromatic carbocycles. The molecule has 0 saturated carbocycles. The third kappa shape index (κ3) is 5.40. The molecule has 0 saturated heterocycles. The summed E-state index contributed by atoms with van der Waals surface area (Å²) in [4.78, 5) is 19.1. The Hall–Kier alpha value is -3.75. The number of hydrogen-bond acceptors (Lipinski definition) is 6. The van der Waals surface area contributed by atoms with Crippen LogP contribution in [0.2, 0.25) is 5.02 Å². The first-order valence-corrected chi connectivity index (χ1v) is 13.5. The van der Waals surface area contributed by atoms with Crippen LogP contribution in [0.25, 0.3) is 10.9 Å². The first-order chi connectivity index (χ1) is 18.7. The van der Waals surface area contributed by atoms with Crippen molar-refractivity contribution in [2.75, 3.05) is 0 Å². The highest BCUT2D eigenvalue weighted by Gasteiger charge is 2.35. The maximum atomic E-state index is 13.9. The molecule has 0 aliphatic carbocycles. The number of fused-ring (bicyclic) bond motifs is 1. The smallest absolute Gasteiger partial charge is 0.253 e. The number of aromatic amines is 1. The van der Waals surface area contributed by atoms with Crippen molar-refractivity contribution in [1.82, 2.24) is 30.1 Å². The van der Waals surface area contributed by atoms with E-state index in [2.05, 4.69) is 65.2 Å². The number of hydrogen-bond donors (Lipinski definition) is 1. The van der Waals surface area contributed by atoms with E-state index in [0.717, 1.165) is 39.8 Å². The maximum Gasteiger partial charge on any atom is 0.253 e. The summed E-state index contributed by atoms with van der Waals surface area (Å²) in [6.45, 7) is 11.2. The number of furan rings is 1. The lowest BCUT2D eigenvalue weighted by Crippen LogP contribution is -2.38. The van der Waals surface area contributed by atoms with Gasteiger partial charge in [0.1, 0.15) is 11.8 Å². The molecular formula is C30H33ClN6O2. The first kappa shape index (κ1) is 26.8. The summed E-state index contributed by atoms with van der Waals surface area (Å²) in [6.07, 6.45) is 2.45. The van der Waals surface area contributed by atoms with Crippen molar-refractivity contribution in [3.63, 3.8) is 0 Å². The summed E-state index contributed by atoms with van der Waals surface area (Å²) in [5, 5.41) is 14.6. The van der Waals surface area contributed by atoms with Gasteiger partial charge in [-0.3, -0.25) is 9.69 Å². The fourth-order valence-corrected chi connectivity index (χ4v) is 5.23. The van der Waals surface area contributed by atoms with Crippen LogP contribution in [0.15, 0.2) is 70.1 Å². The topological polar surface area (TPSA) is 92.8 Å². The highest BCUT2D eigenvalue weighted by Crippen LogP contribution is 2.34. The SMILES string of the molecule is CCC(C)(C)n1nnnc1C(c1cc2cc(C)cc(C)c2[nH]c1=O)N(Cc1ccco1)Cc1ccccc1Cl. The van der Waals surface area contributed by atoms with Crippen molar-refractivity contribution in [3.05, 3.63) is 110 Å². The van der Waals surface area contributed by atoms with Gasteiger partial charge in [0, 0.05) is 17.1 Å². The van der Waals surface area contributed by atoms with Gasteiger partial charge in [-0.1, -0.05) is 48.4 Å². The van der Waals surface area contributed by atoms with E-state index in [1.54, 1.807) is 6.26 Å². The Morgan fingerprint density at radius 3 is 2.62 bits per heavy atom. The van der Waals surface area contributed by atoms with Crippen LogP contribution in [0.3, 0.4) is 0 Å². The van der Waals surface area contributed by atoms with Crippen molar-refractivity contribution in [1.29, 1.82) is 0 Å². The number of aromatic nitrogens is 5. The van der Waals surface area contributed by atoms with Gasteiger partial charge in [0.25, 0.3) is 5.56 Å². The number of pyridine rings is 1. The van der Waals surface area contributed by atoms with Gasteiger partial charge in [-0.2, -0.15) is 0 Å². The summed E-state index contributed by atoms with van der Waals surface area (Å²) in [6, 6.07) is 17.0. The van der Waals surface area contributed by atoms with Crippen molar-refractivity contribution in [2.45, 2.75) is 65.7 Å². The van der Waals surface area contributed by atoms with Crippen LogP contribution in [-0.2, 0) is 18.6 Å². The molecule has 39 heavy (non-hydrogen) atoms. The van der Waals surface area contributed by atoms with Crippen molar-refractivity contribution >= 4 is 22.5 Å². The van der Waals surface area contributed by atoms with E-state index in [-0.39, 0.29) is 11.1 Å². The Labute approximate surface area is 232 Å². The molecule has 202 valence electrons. The average molecular weight is 545 g/mol. The largest absolute Gasteiger partial charge is 0.468 e. The third-order valence-electron chi connectivity index (χ3n) is 7.43. The zero-order chi connectivity index (χ0) is 27.7. The van der Waals surface area contributed by atoms with Crippen LogP contribution in [0, 0.1) is 13.8 Å². The number of tetrazole rings is 1. The predicted octanol–water partition coefficient (Wildman–Crippen LogP) is 6.31. The Balaban J connectivity index is 1.76. The number of rotatable bonds is 9. The number of aryl methyl sites for hydroxylation is 2. The minimum Gasteiger partial charge on any atom is -0.468 e. The van der Waals surface area contributed by atoms with Gasteiger partial charge < -0.3 is 9.40 Å². The molecule has 0 aliphatic heterocycles. The molecule has 0 spiro atoms. The van der Waals surface area contributed by atoms with Crippen LogP contribution in [0.5, 0.6) is 0 Å². The first-order valence-electron chi connectivity index (χ1n) is 13.1. The summed E-state index contributed by atoms with van der Waals surface area (Å²) < 4.78 is 7.60. The molecule has 0 amide bonds. The highest BCUT2D eigenvalue weighted by atomic mass is 35.5. The van der Waals surface area contributed by atoms with Gasteiger partial charge in [0.2, 0.25) is 0 Å². The molecular weight excluding hydrogens is 512 g/mol. The van der Waals surface area contributed by atoms with E-state index in [1.165, 1.54) is 0 Å². The molecule has 0 fully saturated rings. The number of benzene rings is 2. The number of nitrogens with one attached hydrogen (secondary N) is 1. The molecule has 8 nitrogen and oxygen atoms in total. The predicted molar refractivity (Wildman–Crippen MR) is 153 cm³/mol. The van der Waals surface area contributed by atoms with E-state index < -0.39 is 6.04 Å². The molecule has 5 rings (SSSR count). The minimum atomic E-state index is -0.596. The molecule has 9 heteroatoms. The van der Waals surface area contributed by atoms with Crippen LogP contribution >= 0.6 is 11.6 Å². The number of halogens is 1. The summed E-state index contributed by atoms with van der Waals surface area (Å²) in [5.74, 6) is 1.33. The highest BCUT2D eigenvalue weighted by molar-refractivity contribution is 6.31. The molecule has 1 atom stereocenters. The van der Waals surface area contributed by atoms with Gasteiger partial charge in [-0.15, -0.1) is 5.10 Å². The quantitative estimate of drug-likeness (QED) is 0.233. The van der Waals surface area contributed by atoms with Crippen LogP contribution in [0.1, 0.15) is 67.1 Å². The van der Waals surface area contributed by atoms with E-state index in [1.807, 2.05) is 54.1 Å². The van der Waals surface area contributed by atoms with Gasteiger partial charge >= 0.3 is 0 Å². The fraction of sp³-hybridized carbons (Fsp3) is 0.333. The van der Waals surface area contributed by atoms with E-state index in [4.69, 9.17) is 16.0 Å². The molecule has 0 aliphatic rings. The number of H-pyrrole nitrogens is 1. The Kier molecular flexibility index (Phi) is 7.42. The number of nitrogens with zero attached hydrogens (tertiary/aromatic N) is 5. The van der Waals surface area contributed by atoms with Crippen LogP contribution in [-0.4, -0.2) is 30.1 Å². The molecule has 1 N–H and O–H groups in total. The molecule has 0 bridgehead atoms. The monoisotopic (exact) mass is 544 g/mol. The summed E-state index contributed by atoms with van der Waals surface area (Å²) in [5.41, 5.74) is 3.87. The molecule has 0 radical (unpaired) electrons. The molecule has 3 aromatic heterocycles. The van der Waals surface area contributed by atoms with Crippen LogP contribution < -0.4 is 5.56 Å². The lowest BCUT2D eigenvalue weighted by atomic mass is 9.98. The van der Waals surface area contributed by atoms with Gasteiger partial charge in [-0.05, 0) is 91.4 Å². The minimum absolute atomic E-state index is 0.188.